The number of non-ortho nitro benzene ring substituents is 1. The molecular formula is C22H18Br2N2O6. The molecule has 0 spiro atoms. The summed E-state index contributed by atoms with van der Waals surface area (Å²) in [6.45, 7) is -0.115. The number of anilines is 1. The lowest BCUT2D eigenvalue weighted by atomic mass is 9.81. The number of benzene rings is 2. The summed E-state index contributed by atoms with van der Waals surface area (Å²) in [7, 11) is 0. The summed E-state index contributed by atoms with van der Waals surface area (Å²) in [4.78, 5) is 49.9. The molecule has 10 heteroatoms. The van der Waals surface area contributed by atoms with Crippen molar-refractivity contribution in [1.29, 1.82) is 0 Å². The van der Waals surface area contributed by atoms with E-state index in [1.54, 1.807) is 18.2 Å². The van der Waals surface area contributed by atoms with Crippen LogP contribution < -0.4 is 4.90 Å². The van der Waals surface area contributed by atoms with Gasteiger partial charge in [0.15, 0.2) is 0 Å². The standard InChI is InChI=1S/C22H18Br2N2O6/c23-18-9-16-17(10-19(18)24)21(28)25(20(16)27)14-6-4-13(5-7-14)22(29)32-11-12-2-1-3-15(8-12)26(30)31/h1-8,16-19H,9-11H2/t16-,17+,18+,19-. The van der Waals surface area contributed by atoms with Crippen molar-refractivity contribution in [2.45, 2.75) is 29.1 Å². The second-order valence-electron chi connectivity index (χ2n) is 7.78. The smallest absolute Gasteiger partial charge is 0.338 e. The summed E-state index contributed by atoms with van der Waals surface area (Å²) >= 11 is 7.14. The average Bonchev–Trinajstić information content (AvgIpc) is 3.02. The molecule has 0 radical (unpaired) electrons. The van der Waals surface area contributed by atoms with Crippen molar-refractivity contribution in [2.75, 3.05) is 4.90 Å². The molecule has 4 atom stereocenters. The van der Waals surface area contributed by atoms with Gasteiger partial charge in [-0.15, -0.1) is 0 Å². The first-order chi connectivity index (χ1) is 15.3. The molecule has 8 nitrogen and oxygen atoms in total. The number of esters is 1. The number of alkyl halides is 2. The molecule has 1 saturated carbocycles. The van der Waals surface area contributed by atoms with Crippen LogP contribution in [0.15, 0.2) is 48.5 Å². The number of imide groups is 1. The van der Waals surface area contributed by atoms with Gasteiger partial charge in [0.2, 0.25) is 11.8 Å². The average molecular weight is 566 g/mol. The summed E-state index contributed by atoms with van der Waals surface area (Å²) in [6.07, 6.45) is 1.17. The van der Waals surface area contributed by atoms with Crippen molar-refractivity contribution in [3.05, 3.63) is 69.8 Å². The van der Waals surface area contributed by atoms with Crippen molar-refractivity contribution in [3.8, 4) is 0 Å². The van der Waals surface area contributed by atoms with E-state index in [1.807, 2.05) is 0 Å². The number of rotatable bonds is 5. The number of nitro benzene ring substituents is 1. The van der Waals surface area contributed by atoms with Gasteiger partial charge in [-0.25, -0.2) is 4.79 Å². The first-order valence-corrected chi connectivity index (χ1v) is 11.8. The number of carbonyl (C=O) groups is 3. The third-order valence-electron chi connectivity index (χ3n) is 5.76. The Morgan fingerprint density at radius 3 is 2.19 bits per heavy atom. The molecule has 0 aromatic heterocycles. The zero-order valence-electron chi connectivity index (χ0n) is 16.6. The molecule has 0 N–H and O–H groups in total. The molecule has 1 aliphatic carbocycles. The number of hydrogen-bond donors (Lipinski definition) is 0. The Kier molecular flexibility index (Phi) is 6.43. The second-order valence-corrected chi connectivity index (χ2v) is 10.1. The Morgan fingerprint density at radius 2 is 1.62 bits per heavy atom. The van der Waals surface area contributed by atoms with E-state index in [9.17, 15) is 24.5 Å². The largest absolute Gasteiger partial charge is 0.457 e. The minimum absolute atomic E-state index is 0.0825. The molecular weight excluding hydrogens is 548 g/mol. The normalized spacial score (nSPS) is 24.9. The van der Waals surface area contributed by atoms with Crippen LogP contribution in [0.1, 0.15) is 28.8 Å². The molecule has 4 rings (SSSR count). The van der Waals surface area contributed by atoms with Crippen LogP contribution in [0, 0.1) is 22.0 Å². The van der Waals surface area contributed by atoms with Crippen LogP contribution in [0.5, 0.6) is 0 Å². The Labute approximate surface area is 200 Å². The van der Waals surface area contributed by atoms with Gasteiger partial charge < -0.3 is 4.74 Å². The molecule has 1 heterocycles. The number of nitrogens with zero attached hydrogens (tertiary/aromatic N) is 2. The second kappa shape index (κ2) is 9.11. The monoisotopic (exact) mass is 564 g/mol. The summed E-state index contributed by atoms with van der Waals surface area (Å²) in [5, 5.41) is 10.9. The van der Waals surface area contributed by atoms with Crippen LogP contribution in [-0.2, 0) is 20.9 Å². The molecule has 0 unspecified atom stereocenters. The number of carbonyl (C=O) groups excluding carboxylic acids is 3. The van der Waals surface area contributed by atoms with Gasteiger partial charge in [0.05, 0.1) is 28.0 Å². The van der Waals surface area contributed by atoms with E-state index in [2.05, 4.69) is 31.9 Å². The summed E-state index contributed by atoms with van der Waals surface area (Å²) < 4.78 is 5.24. The number of nitro groups is 1. The van der Waals surface area contributed by atoms with Crippen LogP contribution in [0.4, 0.5) is 11.4 Å². The summed E-state index contributed by atoms with van der Waals surface area (Å²) in [5.74, 6) is -1.74. The Morgan fingerprint density at radius 1 is 1.03 bits per heavy atom. The van der Waals surface area contributed by atoms with Gasteiger partial charge in [-0.2, -0.15) is 0 Å². The highest BCUT2D eigenvalue weighted by Gasteiger charge is 2.52. The molecule has 2 aromatic carbocycles. The lowest BCUT2D eigenvalue weighted by molar-refractivity contribution is -0.384. The maximum Gasteiger partial charge on any atom is 0.338 e. The number of ether oxygens (including phenoxy) is 1. The molecule has 2 fully saturated rings. The fourth-order valence-corrected chi connectivity index (χ4v) is 5.33. The van der Waals surface area contributed by atoms with Gasteiger partial charge >= 0.3 is 5.97 Å². The predicted molar refractivity (Wildman–Crippen MR) is 123 cm³/mol. The van der Waals surface area contributed by atoms with Gasteiger partial charge in [-0.05, 0) is 42.7 Å². The highest BCUT2D eigenvalue weighted by Crippen LogP contribution is 2.44. The van der Waals surface area contributed by atoms with Crippen LogP contribution in [0.3, 0.4) is 0 Å². The molecule has 0 bridgehead atoms. The van der Waals surface area contributed by atoms with Gasteiger partial charge in [-0.3, -0.25) is 24.6 Å². The number of hydrogen-bond acceptors (Lipinski definition) is 6. The highest BCUT2D eigenvalue weighted by molar-refractivity contribution is 9.12. The molecule has 2 amide bonds. The third-order valence-corrected chi connectivity index (χ3v) is 8.50. The van der Waals surface area contributed by atoms with E-state index < -0.39 is 10.9 Å². The Balaban J connectivity index is 1.43. The molecule has 2 aliphatic rings. The maximum atomic E-state index is 12.9. The van der Waals surface area contributed by atoms with Gasteiger partial charge in [0.1, 0.15) is 6.61 Å². The van der Waals surface area contributed by atoms with Crippen molar-refractivity contribution in [2.24, 2.45) is 11.8 Å². The Hall–Kier alpha value is -2.59. The molecule has 1 aliphatic heterocycles. The number of halogens is 2. The van der Waals surface area contributed by atoms with E-state index in [4.69, 9.17) is 4.74 Å². The van der Waals surface area contributed by atoms with Gasteiger partial charge in [0, 0.05) is 21.8 Å². The van der Waals surface area contributed by atoms with E-state index in [0.29, 0.717) is 24.1 Å². The minimum atomic E-state index is -0.611. The fraction of sp³-hybridized carbons (Fsp3) is 0.318. The van der Waals surface area contributed by atoms with Crippen LogP contribution >= 0.6 is 31.9 Å². The lowest BCUT2D eigenvalue weighted by Gasteiger charge is -2.29. The lowest BCUT2D eigenvalue weighted by Crippen LogP contribution is -2.34. The van der Waals surface area contributed by atoms with Gasteiger partial charge in [0.25, 0.3) is 5.69 Å². The summed E-state index contributed by atoms with van der Waals surface area (Å²) in [5.41, 5.74) is 1.08. The van der Waals surface area contributed by atoms with Crippen LogP contribution in [-0.4, -0.2) is 32.4 Å². The highest BCUT2D eigenvalue weighted by atomic mass is 79.9. The quantitative estimate of drug-likeness (QED) is 0.175. The zero-order chi connectivity index (χ0) is 23.0. The van der Waals surface area contributed by atoms with E-state index in [-0.39, 0.29) is 51.2 Å². The molecule has 2 aromatic rings. The first kappa shape index (κ1) is 22.6. The SMILES string of the molecule is O=C(OCc1cccc([N+](=O)[O-])c1)c1ccc(N2C(=O)[C@H]3C[C@@H](Br)[C@@H](Br)C[C@H]3C2=O)cc1. The van der Waals surface area contributed by atoms with Crippen molar-refractivity contribution < 1.29 is 24.0 Å². The Bertz CT molecular complexity index is 1060. The minimum Gasteiger partial charge on any atom is -0.457 e. The molecule has 1 saturated heterocycles. The number of fused-ring (bicyclic) bond motifs is 1. The van der Waals surface area contributed by atoms with Crippen molar-refractivity contribution in [1.82, 2.24) is 0 Å². The van der Waals surface area contributed by atoms with Crippen molar-refractivity contribution in [3.63, 3.8) is 0 Å². The fourth-order valence-electron chi connectivity index (χ4n) is 4.09. The molecule has 32 heavy (non-hydrogen) atoms. The summed E-state index contributed by atoms with van der Waals surface area (Å²) in [6, 6.07) is 11.9. The predicted octanol–water partition coefficient (Wildman–Crippen LogP) is 4.38. The zero-order valence-corrected chi connectivity index (χ0v) is 19.8. The van der Waals surface area contributed by atoms with Crippen molar-refractivity contribution >= 4 is 61.0 Å². The van der Waals surface area contributed by atoms with Crippen LogP contribution in [0.25, 0.3) is 0 Å². The number of amides is 2. The van der Waals surface area contributed by atoms with E-state index >= 15 is 0 Å². The topological polar surface area (TPSA) is 107 Å². The van der Waals surface area contributed by atoms with E-state index in [1.165, 1.54) is 35.2 Å². The van der Waals surface area contributed by atoms with Crippen LogP contribution in [0.2, 0.25) is 0 Å². The maximum absolute atomic E-state index is 12.9. The molecule has 166 valence electrons. The first-order valence-electron chi connectivity index (χ1n) is 9.92. The van der Waals surface area contributed by atoms with E-state index in [0.717, 1.165) is 0 Å². The third kappa shape index (κ3) is 4.33. The van der Waals surface area contributed by atoms with Gasteiger partial charge in [-0.1, -0.05) is 44.0 Å².